The van der Waals surface area contributed by atoms with E-state index in [1.165, 1.54) is 0 Å². The van der Waals surface area contributed by atoms with Gasteiger partial charge in [-0.3, -0.25) is 4.79 Å². The molecule has 5 unspecified atom stereocenters. The fraction of sp³-hybridized carbons (Fsp3) is 0.727. The van der Waals surface area contributed by atoms with E-state index in [0.29, 0.717) is 17.6 Å². The number of hydrogen-bond acceptors (Lipinski definition) is 2. The number of Topliss-reactive ketones (excluding diaryl/α,β-unsaturated/α-hetero) is 1. The molecule has 0 heterocycles. The summed E-state index contributed by atoms with van der Waals surface area (Å²) >= 11 is 0. The number of carbonyl (C=O) groups is 1. The Morgan fingerprint density at radius 2 is 2.15 bits per heavy atom. The van der Waals surface area contributed by atoms with E-state index in [0.717, 1.165) is 19.3 Å². The van der Waals surface area contributed by atoms with E-state index < -0.39 is 0 Å². The van der Waals surface area contributed by atoms with Crippen molar-refractivity contribution in [3.8, 4) is 0 Å². The molecule has 70 valence electrons. The predicted molar refractivity (Wildman–Crippen MR) is 48.0 cm³/mol. The highest BCUT2D eigenvalue weighted by molar-refractivity contribution is 5.89. The number of rotatable bonds is 0. The van der Waals surface area contributed by atoms with Gasteiger partial charge in [0.25, 0.3) is 0 Å². The van der Waals surface area contributed by atoms with Crippen LogP contribution in [0, 0.1) is 23.7 Å². The summed E-state index contributed by atoms with van der Waals surface area (Å²) in [7, 11) is 0. The molecule has 1 N–H and O–H groups in total. The summed E-state index contributed by atoms with van der Waals surface area (Å²) in [4.78, 5) is 11.9. The molecule has 0 aromatic rings. The molecule has 2 fully saturated rings. The zero-order chi connectivity index (χ0) is 9.00. The topological polar surface area (TPSA) is 37.3 Å². The summed E-state index contributed by atoms with van der Waals surface area (Å²) in [5.74, 6) is 1.48. The molecule has 0 bridgehead atoms. The molecule has 0 amide bonds. The summed E-state index contributed by atoms with van der Waals surface area (Å²) in [5, 5.41) is 9.68. The van der Waals surface area contributed by atoms with E-state index in [2.05, 4.69) is 12.2 Å². The molecule has 0 aliphatic heterocycles. The molecule has 0 radical (unpaired) electrons. The Bertz CT molecular complexity index is 282. The van der Waals surface area contributed by atoms with Gasteiger partial charge in [-0.1, -0.05) is 12.2 Å². The SMILES string of the molecule is O=C1C2C=CCC2C2CCC(O)C12. The van der Waals surface area contributed by atoms with Gasteiger partial charge in [0, 0.05) is 11.8 Å². The normalized spacial score (nSPS) is 52.7. The third-order valence-electron chi connectivity index (χ3n) is 4.09. The van der Waals surface area contributed by atoms with Crippen molar-refractivity contribution in [3.05, 3.63) is 12.2 Å². The molecule has 0 aromatic heterocycles. The van der Waals surface area contributed by atoms with Crippen molar-refractivity contribution in [2.75, 3.05) is 0 Å². The van der Waals surface area contributed by atoms with Gasteiger partial charge in [-0.15, -0.1) is 0 Å². The molecule has 3 aliphatic carbocycles. The van der Waals surface area contributed by atoms with E-state index in [1.54, 1.807) is 0 Å². The number of aliphatic hydroxyl groups is 1. The molecule has 5 atom stereocenters. The van der Waals surface area contributed by atoms with Crippen LogP contribution in [0.2, 0.25) is 0 Å². The molecule has 0 aromatic carbocycles. The van der Waals surface area contributed by atoms with Crippen molar-refractivity contribution < 1.29 is 9.90 Å². The molecule has 3 rings (SSSR count). The third-order valence-corrected chi connectivity index (χ3v) is 4.09. The lowest BCUT2D eigenvalue weighted by atomic mass is 9.89. The minimum Gasteiger partial charge on any atom is -0.392 e. The molecule has 2 nitrogen and oxygen atoms in total. The predicted octanol–water partition coefficient (Wildman–Crippen LogP) is 1.15. The Hall–Kier alpha value is -0.630. The summed E-state index contributed by atoms with van der Waals surface area (Å²) in [6.07, 6.45) is 6.80. The van der Waals surface area contributed by atoms with Crippen molar-refractivity contribution in [2.45, 2.75) is 25.4 Å². The van der Waals surface area contributed by atoms with Crippen LogP contribution < -0.4 is 0 Å². The van der Waals surface area contributed by atoms with Crippen molar-refractivity contribution in [2.24, 2.45) is 23.7 Å². The quantitative estimate of drug-likeness (QED) is 0.565. The summed E-state index contributed by atoms with van der Waals surface area (Å²) in [5.41, 5.74) is 0. The maximum Gasteiger partial charge on any atom is 0.145 e. The minimum absolute atomic E-state index is 0.0139. The van der Waals surface area contributed by atoms with E-state index in [-0.39, 0.29) is 17.9 Å². The number of fused-ring (bicyclic) bond motifs is 3. The molecular weight excluding hydrogens is 164 g/mol. The maximum absolute atomic E-state index is 11.9. The summed E-state index contributed by atoms with van der Waals surface area (Å²) in [6.45, 7) is 0. The summed E-state index contributed by atoms with van der Waals surface area (Å²) < 4.78 is 0. The summed E-state index contributed by atoms with van der Waals surface area (Å²) in [6, 6.07) is 0. The Labute approximate surface area is 77.6 Å². The Kier molecular flexibility index (Phi) is 1.46. The lowest BCUT2D eigenvalue weighted by molar-refractivity contribution is -0.125. The van der Waals surface area contributed by atoms with Crippen molar-refractivity contribution in [1.29, 1.82) is 0 Å². The fourth-order valence-electron chi connectivity index (χ4n) is 3.53. The van der Waals surface area contributed by atoms with E-state index in [1.807, 2.05) is 0 Å². The monoisotopic (exact) mass is 178 g/mol. The zero-order valence-electron chi connectivity index (χ0n) is 7.52. The Morgan fingerprint density at radius 1 is 1.31 bits per heavy atom. The lowest BCUT2D eigenvalue weighted by Crippen LogP contribution is -2.23. The second-order valence-corrected chi connectivity index (χ2v) is 4.59. The van der Waals surface area contributed by atoms with Gasteiger partial charge in [0.15, 0.2) is 0 Å². The number of ketones is 1. The van der Waals surface area contributed by atoms with Crippen LogP contribution in [0.4, 0.5) is 0 Å². The van der Waals surface area contributed by atoms with Crippen molar-refractivity contribution in [1.82, 2.24) is 0 Å². The first-order valence-electron chi connectivity index (χ1n) is 5.17. The smallest absolute Gasteiger partial charge is 0.145 e. The average Bonchev–Trinajstić information content (AvgIpc) is 2.71. The van der Waals surface area contributed by atoms with Crippen LogP contribution in [-0.2, 0) is 4.79 Å². The second-order valence-electron chi connectivity index (χ2n) is 4.59. The lowest BCUT2D eigenvalue weighted by Gasteiger charge is -2.14. The first-order chi connectivity index (χ1) is 6.29. The van der Waals surface area contributed by atoms with Gasteiger partial charge >= 0.3 is 0 Å². The number of aliphatic hydroxyl groups excluding tert-OH is 1. The number of carbonyl (C=O) groups excluding carboxylic acids is 1. The Balaban J connectivity index is 1.97. The third kappa shape index (κ3) is 0.845. The first kappa shape index (κ1) is 7.74. The van der Waals surface area contributed by atoms with Crippen LogP contribution in [0.1, 0.15) is 19.3 Å². The molecule has 2 saturated carbocycles. The zero-order valence-corrected chi connectivity index (χ0v) is 7.52. The van der Waals surface area contributed by atoms with Crippen LogP contribution in [0.3, 0.4) is 0 Å². The van der Waals surface area contributed by atoms with Crippen LogP contribution in [0.15, 0.2) is 12.2 Å². The van der Waals surface area contributed by atoms with E-state index in [4.69, 9.17) is 0 Å². The largest absolute Gasteiger partial charge is 0.392 e. The first-order valence-corrected chi connectivity index (χ1v) is 5.17. The van der Waals surface area contributed by atoms with Crippen molar-refractivity contribution >= 4 is 5.78 Å². The second kappa shape index (κ2) is 2.44. The number of hydrogen-bond donors (Lipinski definition) is 1. The van der Waals surface area contributed by atoms with Gasteiger partial charge in [-0.2, -0.15) is 0 Å². The van der Waals surface area contributed by atoms with Crippen molar-refractivity contribution in [3.63, 3.8) is 0 Å². The maximum atomic E-state index is 11.9. The molecule has 2 heteroatoms. The highest BCUT2D eigenvalue weighted by Crippen LogP contribution is 2.52. The van der Waals surface area contributed by atoms with Gasteiger partial charge < -0.3 is 5.11 Å². The van der Waals surface area contributed by atoms with Crippen LogP contribution >= 0.6 is 0 Å². The van der Waals surface area contributed by atoms with Crippen LogP contribution in [0.25, 0.3) is 0 Å². The minimum atomic E-state index is -0.337. The average molecular weight is 178 g/mol. The molecule has 0 saturated heterocycles. The Morgan fingerprint density at radius 3 is 3.00 bits per heavy atom. The van der Waals surface area contributed by atoms with Gasteiger partial charge in [0.1, 0.15) is 5.78 Å². The van der Waals surface area contributed by atoms with E-state index in [9.17, 15) is 9.90 Å². The van der Waals surface area contributed by atoms with Gasteiger partial charge in [-0.25, -0.2) is 0 Å². The fourth-order valence-corrected chi connectivity index (χ4v) is 3.53. The molecule has 0 spiro atoms. The van der Waals surface area contributed by atoms with Crippen LogP contribution in [-0.4, -0.2) is 17.0 Å². The van der Waals surface area contributed by atoms with E-state index >= 15 is 0 Å². The molecule has 3 aliphatic rings. The molecular formula is C11H14O2. The standard InChI is InChI=1S/C11H14O2/c12-9-5-4-7-6-2-1-3-8(6)11(13)10(7)9/h1,3,6-10,12H,2,4-5H2. The van der Waals surface area contributed by atoms with Crippen LogP contribution in [0.5, 0.6) is 0 Å². The number of allylic oxidation sites excluding steroid dienone is 2. The van der Waals surface area contributed by atoms with Gasteiger partial charge in [0.05, 0.1) is 6.10 Å². The highest BCUT2D eigenvalue weighted by Gasteiger charge is 2.54. The van der Waals surface area contributed by atoms with Gasteiger partial charge in [0.2, 0.25) is 0 Å². The van der Waals surface area contributed by atoms with Gasteiger partial charge in [-0.05, 0) is 31.1 Å². The molecule has 13 heavy (non-hydrogen) atoms. The highest BCUT2D eigenvalue weighted by atomic mass is 16.3.